The monoisotopic (exact) mass is 411 g/mol. The summed E-state index contributed by atoms with van der Waals surface area (Å²) in [4.78, 5) is 15.1. The average molecular weight is 411 g/mol. The third-order valence-corrected chi connectivity index (χ3v) is 6.30. The van der Waals surface area contributed by atoms with Crippen molar-refractivity contribution in [3.05, 3.63) is 64.4 Å². The third-order valence-electron chi connectivity index (χ3n) is 6.30. The van der Waals surface area contributed by atoms with Gasteiger partial charge in [-0.25, -0.2) is 8.78 Å². The maximum atomic E-state index is 14.1. The first-order valence-electron chi connectivity index (χ1n) is 10.3. The standard InChI is InChI=1S/C23H23F2N3O2/c24-13-2-6-21-17(8-13)16-7-12(1-5-20(16)28-21)10-27-14-9-18-15(23(26)29)3-4-19(25)22(18)30-11-14/h2-4,6,8,12,14,27-28H,1,5,7,9-11H2,(H2,26,29). The Bertz CT molecular complexity index is 1140. The van der Waals surface area contributed by atoms with E-state index in [1.165, 1.54) is 29.5 Å². The van der Waals surface area contributed by atoms with Crippen LogP contribution >= 0.6 is 0 Å². The van der Waals surface area contributed by atoms with Gasteiger partial charge in [-0.2, -0.15) is 0 Å². The third kappa shape index (κ3) is 3.33. The van der Waals surface area contributed by atoms with Crippen molar-refractivity contribution in [3.63, 3.8) is 0 Å². The Kier molecular flexibility index (Phi) is 4.70. The zero-order valence-corrected chi connectivity index (χ0v) is 16.4. The van der Waals surface area contributed by atoms with Crippen molar-refractivity contribution in [2.75, 3.05) is 13.2 Å². The summed E-state index contributed by atoms with van der Waals surface area (Å²) in [5, 5.41) is 4.48. The van der Waals surface area contributed by atoms with Crippen LogP contribution in [0.4, 0.5) is 8.78 Å². The molecule has 1 aromatic heterocycles. The fourth-order valence-corrected chi connectivity index (χ4v) is 4.78. The molecule has 7 heteroatoms. The van der Waals surface area contributed by atoms with Crippen LogP contribution in [-0.4, -0.2) is 30.1 Å². The van der Waals surface area contributed by atoms with E-state index in [0.717, 1.165) is 36.7 Å². The van der Waals surface area contributed by atoms with Crippen molar-refractivity contribution >= 4 is 16.8 Å². The fraction of sp³-hybridized carbons (Fsp3) is 0.348. The first kappa shape index (κ1) is 19.1. The van der Waals surface area contributed by atoms with Crippen LogP contribution in [0.2, 0.25) is 0 Å². The van der Waals surface area contributed by atoms with Gasteiger partial charge >= 0.3 is 0 Å². The summed E-state index contributed by atoms with van der Waals surface area (Å²) in [5.74, 6) is -0.737. The van der Waals surface area contributed by atoms with E-state index in [9.17, 15) is 13.6 Å². The summed E-state index contributed by atoms with van der Waals surface area (Å²) in [7, 11) is 0. The lowest BCUT2D eigenvalue weighted by atomic mass is 9.86. The van der Waals surface area contributed by atoms with Gasteiger partial charge in [0.25, 0.3) is 0 Å². The van der Waals surface area contributed by atoms with Gasteiger partial charge in [-0.05, 0) is 74.0 Å². The SMILES string of the molecule is NC(=O)c1ccc(F)c2c1CC(NCC1CCc3[nH]c4ccc(F)cc4c3C1)CO2. The molecule has 0 saturated carbocycles. The molecular formula is C23H23F2N3O2. The lowest BCUT2D eigenvalue weighted by Crippen LogP contribution is -2.43. The number of benzene rings is 2. The second-order valence-electron chi connectivity index (χ2n) is 8.27. The van der Waals surface area contributed by atoms with Crippen molar-refractivity contribution < 1.29 is 18.3 Å². The van der Waals surface area contributed by atoms with Gasteiger partial charge in [0.1, 0.15) is 12.4 Å². The number of rotatable bonds is 4. The Morgan fingerprint density at radius 2 is 2.07 bits per heavy atom. The summed E-state index contributed by atoms with van der Waals surface area (Å²) in [5.41, 5.74) is 9.66. The lowest BCUT2D eigenvalue weighted by Gasteiger charge is -2.30. The molecule has 0 fully saturated rings. The number of halogens is 2. The molecule has 1 aliphatic carbocycles. The molecular weight excluding hydrogens is 388 g/mol. The van der Waals surface area contributed by atoms with Crippen molar-refractivity contribution in [2.24, 2.45) is 11.7 Å². The minimum absolute atomic E-state index is 0.0285. The van der Waals surface area contributed by atoms with Crippen molar-refractivity contribution in [1.82, 2.24) is 10.3 Å². The summed E-state index contributed by atoms with van der Waals surface area (Å²) in [6.45, 7) is 1.11. The molecule has 2 atom stereocenters. The summed E-state index contributed by atoms with van der Waals surface area (Å²) in [6.07, 6.45) is 3.32. The Labute approximate surface area is 172 Å². The number of carbonyl (C=O) groups excluding carboxylic acids is 1. The van der Waals surface area contributed by atoms with E-state index in [1.807, 2.05) is 0 Å². The van der Waals surface area contributed by atoms with E-state index in [1.54, 1.807) is 12.1 Å². The number of ether oxygens (including phenoxy) is 1. The number of H-pyrrole nitrogens is 1. The van der Waals surface area contributed by atoms with Gasteiger partial charge < -0.3 is 20.8 Å². The Morgan fingerprint density at radius 1 is 1.20 bits per heavy atom. The van der Waals surface area contributed by atoms with Crippen LogP contribution < -0.4 is 15.8 Å². The van der Waals surface area contributed by atoms with Gasteiger partial charge in [0.05, 0.1) is 0 Å². The van der Waals surface area contributed by atoms with Crippen LogP contribution in [0.25, 0.3) is 10.9 Å². The molecule has 2 heterocycles. The number of nitrogens with two attached hydrogens (primary N) is 1. The highest BCUT2D eigenvalue weighted by atomic mass is 19.1. The molecule has 0 radical (unpaired) electrons. The normalized spacial score (nSPS) is 20.5. The number of nitrogens with one attached hydrogen (secondary N) is 2. The highest BCUT2D eigenvalue weighted by Crippen LogP contribution is 2.33. The van der Waals surface area contributed by atoms with Gasteiger partial charge in [-0.3, -0.25) is 4.79 Å². The van der Waals surface area contributed by atoms with Crippen molar-refractivity contribution in [1.29, 1.82) is 0 Å². The predicted octanol–water partition coefficient (Wildman–Crippen LogP) is 3.24. The molecule has 4 N–H and O–H groups in total. The molecule has 5 rings (SSSR count). The molecule has 3 aromatic rings. The number of hydrogen-bond donors (Lipinski definition) is 3. The lowest BCUT2D eigenvalue weighted by molar-refractivity contribution is 0.0997. The molecule has 1 amide bonds. The summed E-state index contributed by atoms with van der Waals surface area (Å²) < 4.78 is 33.4. The highest BCUT2D eigenvalue weighted by Gasteiger charge is 2.28. The number of aryl methyl sites for hydroxylation is 1. The molecule has 1 aliphatic heterocycles. The summed E-state index contributed by atoms with van der Waals surface area (Å²) >= 11 is 0. The molecule has 2 aliphatic rings. The van der Waals surface area contributed by atoms with Crippen LogP contribution in [0, 0.1) is 17.6 Å². The number of fused-ring (bicyclic) bond motifs is 4. The van der Waals surface area contributed by atoms with E-state index in [-0.39, 0.29) is 17.6 Å². The van der Waals surface area contributed by atoms with Crippen molar-refractivity contribution in [3.8, 4) is 5.75 Å². The topological polar surface area (TPSA) is 80.1 Å². The van der Waals surface area contributed by atoms with E-state index in [2.05, 4.69) is 10.3 Å². The number of primary amides is 1. The predicted molar refractivity (Wildman–Crippen MR) is 110 cm³/mol. The fourth-order valence-electron chi connectivity index (χ4n) is 4.78. The largest absolute Gasteiger partial charge is 0.489 e. The smallest absolute Gasteiger partial charge is 0.249 e. The molecule has 30 heavy (non-hydrogen) atoms. The maximum Gasteiger partial charge on any atom is 0.249 e. The van der Waals surface area contributed by atoms with Gasteiger partial charge in [0.2, 0.25) is 5.91 Å². The highest BCUT2D eigenvalue weighted by molar-refractivity contribution is 5.95. The minimum atomic E-state index is -0.582. The van der Waals surface area contributed by atoms with Crippen LogP contribution in [0.15, 0.2) is 30.3 Å². The molecule has 0 spiro atoms. The molecule has 5 nitrogen and oxygen atoms in total. The van der Waals surface area contributed by atoms with Crippen LogP contribution in [0.5, 0.6) is 5.75 Å². The zero-order chi connectivity index (χ0) is 20.8. The van der Waals surface area contributed by atoms with E-state index >= 15 is 0 Å². The average Bonchev–Trinajstić information content (AvgIpc) is 3.09. The van der Waals surface area contributed by atoms with Gasteiger partial charge in [-0.15, -0.1) is 0 Å². The van der Waals surface area contributed by atoms with Crippen LogP contribution in [-0.2, 0) is 19.3 Å². The maximum absolute atomic E-state index is 14.1. The number of hydrogen-bond acceptors (Lipinski definition) is 3. The zero-order valence-electron chi connectivity index (χ0n) is 16.4. The van der Waals surface area contributed by atoms with E-state index in [0.29, 0.717) is 30.1 Å². The number of amides is 1. The first-order chi connectivity index (χ1) is 14.5. The number of aromatic nitrogens is 1. The Morgan fingerprint density at radius 3 is 2.90 bits per heavy atom. The Hall–Kier alpha value is -2.93. The number of aromatic amines is 1. The first-order valence-corrected chi connectivity index (χ1v) is 10.3. The van der Waals surface area contributed by atoms with Gasteiger partial charge in [0.15, 0.2) is 11.6 Å². The van der Waals surface area contributed by atoms with Gasteiger partial charge in [0, 0.05) is 33.8 Å². The van der Waals surface area contributed by atoms with Crippen LogP contribution in [0.3, 0.4) is 0 Å². The minimum Gasteiger partial charge on any atom is -0.489 e. The molecule has 0 bridgehead atoms. The second-order valence-corrected chi connectivity index (χ2v) is 8.27. The molecule has 2 unspecified atom stereocenters. The second kappa shape index (κ2) is 7.40. The Balaban J connectivity index is 1.28. The van der Waals surface area contributed by atoms with E-state index < -0.39 is 11.7 Å². The quantitative estimate of drug-likeness (QED) is 0.617. The van der Waals surface area contributed by atoms with Crippen LogP contribution in [0.1, 0.15) is 33.6 Å². The summed E-state index contributed by atoms with van der Waals surface area (Å²) in [6, 6.07) is 7.48. The van der Waals surface area contributed by atoms with Crippen molar-refractivity contribution in [2.45, 2.75) is 31.7 Å². The van der Waals surface area contributed by atoms with E-state index in [4.69, 9.17) is 10.5 Å². The molecule has 156 valence electrons. The molecule has 0 saturated heterocycles. The molecule has 2 aromatic carbocycles. The number of carbonyl (C=O) groups is 1. The van der Waals surface area contributed by atoms with Gasteiger partial charge in [-0.1, -0.05) is 0 Å².